The predicted octanol–water partition coefficient (Wildman–Crippen LogP) is -0.439. The van der Waals surface area contributed by atoms with Crippen LogP contribution >= 0.6 is 0 Å². The fourth-order valence-corrected chi connectivity index (χ4v) is 3.30. The molecule has 0 radical (unpaired) electrons. The SMILES string of the molecule is CCOC(=O)N1CC[NH+](C[C@@H](O)COC[C@H]2COc3ccccc3O2)CC1. The molecule has 2 aliphatic heterocycles. The average Bonchev–Trinajstić information content (AvgIpc) is 2.68. The lowest BCUT2D eigenvalue weighted by Gasteiger charge is -2.32. The molecule has 8 nitrogen and oxygen atoms in total. The second kappa shape index (κ2) is 9.77. The number of para-hydroxylation sites is 2. The number of hydrogen-bond donors (Lipinski definition) is 2. The van der Waals surface area contributed by atoms with Crippen LogP contribution in [-0.4, -0.2) is 87.5 Å². The van der Waals surface area contributed by atoms with Crippen molar-refractivity contribution in [2.24, 2.45) is 0 Å². The van der Waals surface area contributed by atoms with E-state index in [2.05, 4.69) is 0 Å². The number of amides is 1. The highest BCUT2D eigenvalue weighted by Crippen LogP contribution is 2.30. The van der Waals surface area contributed by atoms with Crippen molar-refractivity contribution in [2.45, 2.75) is 19.1 Å². The molecule has 1 aromatic carbocycles. The fraction of sp³-hybridized carbons (Fsp3) is 0.632. The molecule has 0 bridgehead atoms. The lowest BCUT2D eigenvalue weighted by Crippen LogP contribution is -3.15. The first-order valence-electron chi connectivity index (χ1n) is 9.55. The topological polar surface area (TPSA) is 81.9 Å². The number of carbonyl (C=O) groups excluding carboxylic acids is 1. The average molecular weight is 381 g/mol. The minimum atomic E-state index is -0.550. The molecule has 0 aliphatic carbocycles. The zero-order valence-electron chi connectivity index (χ0n) is 15.8. The van der Waals surface area contributed by atoms with E-state index in [0.717, 1.165) is 24.6 Å². The van der Waals surface area contributed by atoms with E-state index in [1.807, 2.05) is 24.3 Å². The van der Waals surface area contributed by atoms with Gasteiger partial charge in [-0.15, -0.1) is 0 Å². The van der Waals surface area contributed by atoms with Crippen LogP contribution in [-0.2, 0) is 9.47 Å². The third kappa shape index (κ3) is 5.72. The fourth-order valence-electron chi connectivity index (χ4n) is 3.30. The molecule has 2 atom stereocenters. The molecule has 1 amide bonds. The maximum Gasteiger partial charge on any atom is 0.410 e. The van der Waals surface area contributed by atoms with Crippen LogP contribution in [0.5, 0.6) is 11.5 Å². The molecule has 0 aromatic heterocycles. The van der Waals surface area contributed by atoms with Crippen LogP contribution in [0.2, 0.25) is 0 Å². The Labute approximate surface area is 159 Å². The Hall–Kier alpha value is -2.03. The number of aliphatic hydroxyl groups is 1. The number of nitrogens with zero attached hydrogens (tertiary/aromatic N) is 1. The van der Waals surface area contributed by atoms with Gasteiger partial charge >= 0.3 is 6.09 Å². The van der Waals surface area contributed by atoms with Crippen molar-refractivity contribution in [2.75, 3.05) is 59.2 Å². The highest BCUT2D eigenvalue weighted by molar-refractivity contribution is 5.67. The smallest absolute Gasteiger partial charge is 0.410 e. The molecular weight excluding hydrogens is 352 g/mol. The molecule has 2 N–H and O–H groups in total. The van der Waals surface area contributed by atoms with Crippen LogP contribution < -0.4 is 14.4 Å². The molecule has 0 spiro atoms. The maximum atomic E-state index is 11.7. The van der Waals surface area contributed by atoms with Gasteiger partial charge in [-0.3, -0.25) is 4.90 Å². The number of rotatable bonds is 7. The van der Waals surface area contributed by atoms with E-state index in [1.54, 1.807) is 11.8 Å². The summed E-state index contributed by atoms with van der Waals surface area (Å²) in [5.41, 5.74) is 0. The van der Waals surface area contributed by atoms with Crippen LogP contribution in [0.15, 0.2) is 24.3 Å². The zero-order chi connectivity index (χ0) is 19.1. The van der Waals surface area contributed by atoms with Crippen molar-refractivity contribution in [1.82, 2.24) is 4.90 Å². The quantitative estimate of drug-likeness (QED) is 0.667. The van der Waals surface area contributed by atoms with Gasteiger partial charge < -0.3 is 29.0 Å². The van der Waals surface area contributed by atoms with Gasteiger partial charge in [-0.1, -0.05) is 12.1 Å². The Bertz CT molecular complexity index is 606. The van der Waals surface area contributed by atoms with Gasteiger partial charge in [0.2, 0.25) is 0 Å². The molecule has 3 rings (SSSR count). The van der Waals surface area contributed by atoms with E-state index in [4.69, 9.17) is 18.9 Å². The molecule has 8 heteroatoms. The van der Waals surface area contributed by atoms with E-state index >= 15 is 0 Å². The largest absolute Gasteiger partial charge is 0.486 e. The number of benzene rings is 1. The predicted molar refractivity (Wildman–Crippen MR) is 97.3 cm³/mol. The molecule has 150 valence electrons. The number of ether oxygens (including phenoxy) is 4. The Morgan fingerprint density at radius 1 is 1.33 bits per heavy atom. The minimum Gasteiger partial charge on any atom is -0.486 e. The lowest BCUT2D eigenvalue weighted by atomic mass is 10.2. The van der Waals surface area contributed by atoms with E-state index in [9.17, 15) is 9.90 Å². The first kappa shape index (κ1) is 19.7. The van der Waals surface area contributed by atoms with Gasteiger partial charge in [-0.25, -0.2) is 4.79 Å². The van der Waals surface area contributed by atoms with Crippen LogP contribution in [0.25, 0.3) is 0 Å². The van der Waals surface area contributed by atoms with Gasteiger partial charge in [0.15, 0.2) is 17.6 Å². The molecule has 0 unspecified atom stereocenters. The highest BCUT2D eigenvalue weighted by atomic mass is 16.6. The normalized spacial score (nSPS) is 21.0. The lowest BCUT2D eigenvalue weighted by molar-refractivity contribution is -0.907. The Morgan fingerprint density at radius 3 is 2.81 bits per heavy atom. The standard InChI is InChI=1S/C19H28N2O6/c1-2-25-19(23)21-9-7-20(8-10-21)11-15(22)12-24-13-16-14-26-17-5-3-4-6-18(17)27-16/h3-6,15-16,22H,2,7-14H2,1H3/p+1/t15-,16+/m1/s1. The zero-order valence-corrected chi connectivity index (χ0v) is 15.8. The van der Waals surface area contributed by atoms with Crippen LogP contribution in [0.1, 0.15) is 6.92 Å². The summed E-state index contributed by atoms with van der Waals surface area (Å²) in [5.74, 6) is 1.47. The Balaban J connectivity index is 1.30. The number of piperazine rings is 1. The van der Waals surface area contributed by atoms with E-state index in [1.165, 1.54) is 4.90 Å². The summed E-state index contributed by atoms with van der Waals surface area (Å²) in [5, 5.41) is 10.2. The number of nitrogens with one attached hydrogen (secondary N) is 1. The van der Waals surface area contributed by atoms with Crippen molar-refractivity contribution in [3.8, 4) is 11.5 Å². The van der Waals surface area contributed by atoms with Crippen molar-refractivity contribution < 1.29 is 33.7 Å². The van der Waals surface area contributed by atoms with Crippen LogP contribution in [0, 0.1) is 0 Å². The number of aliphatic hydroxyl groups excluding tert-OH is 1. The summed E-state index contributed by atoms with van der Waals surface area (Å²) in [6, 6.07) is 7.56. The molecule has 2 aliphatic rings. The third-order valence-corrected chi connectivity index (χ3v) is 4.70. The molecule has 1 aromatic rings. The van der Waals surface area contributed by atoms with Crippen molar-refractivity contribution in [3.05, 3.63) is 24.3 Å². The summed E-state index contributed by atoms with van der Waals surface area (Å²) in [6.45, 7) is 6.75. The number of fused-ring (bicyclic) bond motifs is 1. The second-order valence-corrected chi connectivity index (χ2v) is 6.83. The second-order valence-electron chi connectivity index (χ2n) is 6.83. The monoisotopic (exact) mass is 381 g/mol. The number of carbonyl (C=O) groups is 1. The Kier molecular flexibility index (Phi) is 7.14. The highest BCUT2D eigenvalue weighted by Gasteiger charge is 2.26. The van der Waals surface area contributed by atoms with Gasteiger partial charge in [0.25, 0.3) is 0 Å². The molecule has 1 saturated heterocycles. The number of hydrogen-bond acceptors (Lipinski definition) is 6. The third-order valence-electron chi connectivity index (χ3n) is 4.70. The first-order valence-corrected chi connectivity index (χ1v) is 9.55. The van der Waals surface area contributed by atoms with Gasteiger partial charge in [-0.2, -0.15) is 0 Å². The van der Waals surface area contributed by atoms with Gasteiger partial charge in [-0.05, 0) is 19.1 Å². The van der Waals surface area contributed by atoms with E-state index < -0.39 is 6.10 Å². The Morgan fingerprint density at radius 2 is 2.07 bits per heavy atom. The molecular formula is C19H29N2O6+. The van der Waals surface area contributed by atoms with Gasteiger partial charge in [0, 0.05) is 0 Å². The van der Waals surface area contributed by atoms with Crippen molar-refractivity contribution in [3.63, 3.8) is 0 Å². The minimum absolute atomic E-state index is 0.174. The molecule has 1 fully saturated rings. The molecule has 0 saturated carbocycles. The summed E-state index contributed by atoms with van der Waals surface area (Å²) >= 11 is 0. The van der Waals surface area contributed by atoms with Crippen molar-refractivity contribution >= 4 is 6.09 Å². The van der Waals surface area contributed by atoms with Gasteiger partial charge in [0.1, 0.15) is 19.3 Å². The summed E-state index contributed by atoms with van der Waals surface area (Å²) in [6.07, 6.45) is -0.977. The number of quaternary nitrogens is 1. The molecule has 27 heavy (non-hydrogen) atoms. The summed E-state index contributed by atoms with van der Waals surface area (Å²) in [4.78, 5) is 14.7. The van der Waals surface area contributed by atoms with Crippen LogP contribution in [0.4, 0.5) is 4.79 Å². The van der Waals surface area contributed by atoms with Crippen LogP contribution in [0.3, 0.4) is 0 Å². The first-order chi connectivity index (χ1) is 13.2. The molecule has 2 heterocycles. The van der Waals surface area contributed by atoms with Gasteiger partial charge in [0.05, 0.1) is 46.0 Å². The summed E-state index contributed by atoms with van der Waals surface area (Å²) < 4.78 is 22.1. The van der Waals surface area contributed by atoms with E-state index in [-0.39, 0.29) is 18.8 Å². The summed E-state index contributed by atoms with van der Waals surface area (Å²) in [7, 11) is 0. The maximum absolute atomic E-state index is 11.7. The van der Waals surface area contributed by atoms with Crippen molar-refractivity contribution in [1.29, 1.82) is 0 Å². The van der Waals surface area contributed by atoms with E-state index in [0.29, 0.717) is 39.5 Å².